The van der Waals surface area contributed by atoms with Crippen molar-refractivity contribution in [2.75, 3.05) is 4.90 Å². The molecule has 0 amide bonds. The molecule has 0 bridgehead atoms. The number of aromatic nitrogens is 1. The van der Waals surface area contributed by atoms with Crippen LogP contribution in [0.25, 0.3) is 72.0 Å². The summed E-state index contributed by atoms with van der Waals surface area (Å²) in [5.41, 5.74) is 27.1. The van der Waals surface area contributed by atoms with Gasteiger partial charge in [-0.3, -0.25) is 0 Å². The minimum absolute atomic E-state index is 0.457. The first-order valence-corrected chi connectivity index (χ1v) is 24.5. The monoisotopic (exact) mass is 886 g/mol. The minimum atomic E-state index is -0.460. The van der Waals surface area contributed by atoms with Crippen molar-refractivity contribution in [1.82, 2.24) is 4.57 Å². The third-order valence-electron chi connectivity index (χ3n) is 16.4. The van der Waals surface area contributed by atoms with E-state index in [0.717, 1.165) is 17.1 Å². The van der Waals surface area contributed by atoms with Gasteiger partial charge in [0.25, 0.3) is 0 Å². The lowest BCUT2D eigenvalue weighted by molar-refractivity contribution is 0.748. The average Bonchev–Trinajstić information content (AvgIpc) is 4.13. The van der Waals surface area contributed by atoms with E-state index < -0.39 is 10.8 Å². The van der Waals surface area contributed by atoms with Crippen molar-refractivity contribution in [3.05, 3.63) is 299 Å². The average molecular weight is 887 g/mol. The summed E-state index contributed by atoms with van der Waals surface area (Å²) in [6.45, 7) is 0. The maximum absolute atomic E-state index is 2.55. The molecule has 1 aliphatic heterocycles. The van der Waals surface area contributed by atoms with E-state index in [1.165, 1.54) is 117 Å². The Morgan fingerprint density at radius 3 is 1.29 bits per heavy atom. The number of nitrogens with zero attached hydrogens (tertiary/aromatic N) is 2. The van der Waals surface area contributed by atoms with Gasteiger partial charge in [-0.1, -0.05) is 206 Å². The highest BCUT2D eigenvalue weighted by molar-refractivity contribution is 6.14. The van der Waals surface area contributed by atoms with Crippen LogP contribution in [0.1, 0.15) is 44.5 Å². The fourth-order valence-electron chi connectivity index (χ4n) is 13.8. The van der Waals surface area contributed by atoms with Gasteiger partial charge in [0.2, 0.25) is 0 Å². The van der Waals surface area contributed by atoms with Crippen LogP contribution >= 0.6 is 0 Å². The molecular formula is C68H42N2. The van der Waals surface area contributed by atoms with E-state index in [0.29, 0.717) is 0 Å². The summed E-state index contributed by atoms with van der Waals surface area (Å²) in [4.78, 5) is 2.49. The SMILES string of the molecule is c1ccc(-c2ccc(N(c3ccc4c(c3)C3(c5ccccc5-c5ccccc53)c3ccccc3-4)c3ccc4c(c3)c3cccc5c3n4-c3ccccc3C53c4ccccc4-c4ccccc43)cc2)cc1. The fraction of sp³-hybridized carbons (Fsp3) is 0.0294. The van der Waals surface area contributed by atoms with Crippen molar-refractivity contribution < 1.29 is 0 Å². The Kier molecular flexibility index (Phi) is 7.51. The Morgan fingerprint density at radius 1 is 0.271 bits per heavy atom. The van der Waals surface area contributed by atoms with Crippen molar-refractivity contribution >= 4 is 38.9 Å². The number of para-hydroxylation sites is 2. The number of fused-ring (bicyclic) bond motifs is 22. The standard InChI is InChI=1S/C68H42N2/c1-2-17-43(18-3-1)44-33-35-45(36-34-44)69(47-37-39-53-52-23-8-11-27-58(52)67(63(53)42-47)56-25-9-4-19-48(56)49-20-5-10-26-57(49)67)46-38-40-64-55(41-46)54-24-16-31-62-66(54)70(64)65-32-15-14-30-61(65)68(62)59-28-12-6-21-50(59)51-22-7-13-29-60(51)68/h1-42H. The number of benzene rings is 11. The van der Waals surface area contributed by atoms with E-state index in [2.05, 4.69) is 264 Å². The summed E-state index contributed by atoms with van der Waals surface area (Å²) < 4.78 is 2.55. The van der Waals surface area contributed by atoms with Crippen LogP contribution in [0.15, 0.2) is 255 Å². The van der Waals surface area contributed by atoms with Gasteiger partial charge in [-0.25, -0.2) is 0 Å². The van der Waals surface area contributed by atoms with Crippen molar-refractivity contribution in [3.63, 3.8) is 0 Å². The van der Waals surface area contributed by atoms with Crippen LogP contribution in [0.4, 0.5) is 17.1 Å². The molecule has 2 spiro atoms. The molecule has 11 aromatic carbocycles. The predicted molar refractivity (Wildman–Crippen MR) is 288 cm³/mol. The molecule has 0 saturated carbocycles. The highest BCUT2D eigenvalue weighted by Crippen LogP contribution is 2.64. The Balaban J connectivity index is 0.955. The topological polar surface area (TPSA) is 8.17 Å². The Bertz CT molecular complexity index is 4080. The van der Waals surface area contributed by atoms with Crippen molar-refractivity contribution in [2.45, 2.75) is 10.8 Å². The maximum Gasteiger partial charge on any atom is 0.0754 e. The van der Waals surface area contributed by atoms with Gasteiger partial charge in [-0.05, 0) is 138 Å². The molecule has 2 nitrogen and oxygen atoms in total. The number of anilines is 3. The minimum Gasteiger partial charge on any atom is -0.310 e. The molecule has 4 aliphatic rings. The maximum atomic E-state index is 2.55. The highest BCUT2D eigenvalue weighted by atomic mass is 15.1. The molecule has 0 N–H and O–H groups in total. The van der Waals surface area contributed by atoms with Gasteiger partial charge in [-0.15, -0.1) is 0 Å². The summed E-state index contributed by atoms with van der Waals surface area (Å²) in [7, 11) is 0. The third-order valence-corrected chi connectivity index (χ3v) is 16.4. The molecule has 0 fully saturated rings. The molecule has 0 atom stereocenters. The Hall–Kier alpha value is -8.98. The van der Waals surface area contributed by atoms with E-state index in [9.17, 15) is 0 Å². The Labute approximate surface area is 406 Å². The van der Waals surface area contributed by atoms with E-state index in [1.807, 2.05) is 0 Å². The molecule has 324 valence electrons. The summed E-state index contributed by atoms with van der Waals surface area (Å²) in [5, 5.41) is 2.49. The van der Waals surface area contributed by atoms with E-state index in [-0.39, 0.29) is 0 Å². The van der Waals surface area contributed by atoms with E-state index in [1.54, 1.807) is 0 Å². The van der Waals surface area contributed by atoms with Crippen molar-refractivity contribution in [1.29, 1.82) is 0 Å². The molecule has 12 aromatic rings. The summed E-state index contributed by atoms with van der Waals surface area (Å²) in [6.07, 6.45) is 0. The zero-order chi connectivity index (χ0) is 45.7. The summed E-state index contributed by atoms with van der Waals surface area (Å²) in [6, 6.07) is 95.9. The smallest absolute Gasteiger partial charge is 0.0754 e. The molecule has 3 aliphatic carbocycles. The molecule has 2 heterocycles. The zero-order valence-electron chi connectivity index (χ0n) is 38.1. The molecular weight excluding hydrogens is 845 g/mol. The number of rotatable bonds is 4. The molecule has 0 saturated heterocycles. The highest BCUT2D eigenvalue weighted by Gasteiger charge is 2.53. The van der Waals surface area contributed by atoms with Crippen molar-refractivity contribution in [2.24, 2.45) is 0 Å². The second kappa shape index (κ2) is 13.8. The summed E-state index contributed by atoms with van der Waals surface area (Å²) in [5.74, 6) is 0. The number of hydrogen-bond donors (Lipinski definition) is 0. The predicted octanol–water partition coefficient (Wildman–Crippen LogP) is 16.9. The fourth-order valence-corrected chi connectivity index (χ4v) is 13.8. The largest absolute Gasteiger partial charge is 0.310 e. The second-order valence-corrected chi connectivity index (χ2v) is 19.5. The zero-order valence-corrected chi connectivity index (χ0v) is 38.1. The first-order valence-electron chi connectivity index (χ1n) is 24.5. The van der Waals surface area contributed by atoms with Crippen LogP contribution in [0, 0.1) is 0 Å². The Morgan fingerprint density at radius 2 is 0.700 bits per heavy atom. The van der Waals surface area contributed by atoms with Gasteiger partial charge in [0.15, 0.2) is 0 Å². The van der Waals surface area contributed by atoms with Crippen LogP contribution in [-0.4, -0.2) is 4.57 Å². The van der Waals surface area contributed by atoms with Crippen LogP contribution < -0.4 is 4.90 Å². The lowest BCUT2D eigenvalue weighted by Gasteiger charge is -2.39. The number of hydrogen-bond acceptors (Lipinski definition) is 1. The molecule has 0 radical (unpaired) electrons. The molecule has 0 unspecified atom stereocenters. The van der Waals surface area contributed by atoms with Gasteiger partial charge < -0.3 is 9.47 Å². The van der Waals surface area contributed by atoms with Gasteiger partial charge in [-0.2, -0.15) is 0 Å². The van der Waals surface area contributed by atoms with Gasteiger partial charge in [0, 0.05) is 27.8 Å². The van der Waals surface area contributed by atoms with Crippen LogP contribution in [0.5, 0.6) is 0 Å². The van der Waals surface area contributed by atoms with Crippen LogP contribution in [-0.2, 0) is 10.8 Å². The third kappa shape index (κ3) is 4.64. The first-order chi connectivity index (χ1) is 34.7. The van der Waals surface area contributed by atoms with Gasteiger partial charge >= 0.3 is 0 Å². The van der Waals surface area contributed by atoms with Gasteiger partial charge in [0.05, 0.1) is 27.6 Å². The van der Waals surface area contributed by atoms with E-state index in [4.69, 9.17) is 0 Å². The van der Waals surface area contributed by atoms with Crippen LogP contribution in [0.2, 0.25) is 0 Å². The second-order valence-electron chi connectivity index (χ2n) is 19.5. The quantitative estimate of drug-likeness (QED) is 0.171. The molecule has 2 heteroatoms. The molecule has 16 rings (SSSR count). The van der Waals surface area contributed by atoms with Gasteiger partial charge in [0.1, 0.15) is 0 Å². The lowest BCUT2D eigenvalue weighted by atomic mass is 9.65. The molecule has 70 heavy (non-hydrogen) atoms. The normalized spacial score (nSPS) is 14.2. The summed E-state index contributed by atoms with van der Waals surface area (Å²) >= 11 is 0. The molecule has 1 aromatic heterocycles. The first kappa shape index (κ1) is 38.0. The van der Waals surface area contributed by atoms with Crippen molar-refractivity contribution in [3.8, 4) is 50.2 Å². The lowest BCUT2D eigenvalue weighted by Crippen LogP contribution is -2.33. The van der Waals surface area contributed by atoms with E-state index >= 15 is 0 Å². The van der Waals surface area contributed by atoms with Crippen LogP contribution in [0.3, 0.4) is 0 Å².